The lowest BCUT2D eigenvalue weighted by Crippen LogP contribution is -2.36. The number of hydrogen-bond acceptors (Lipinski definition) is 4. The highest BCUT2D eigenvalue weighted by Gasteiger charge is 2.08. The molecule has 0 saturated carbocycles. The number of guanidine groups is 1. The first kappa shape index (κ1) is 23.3. The molecule has 32 heavy (non-hydrogen) atoms. The normalized spacial score (nSPS) is 11.4. The maximum Gasteiger partial charge on any atom is 0.191 e. The van der Waals surface area contributed by atoms with Crippen molar-refractivity contribution >= 4 is 5.96 Å². The van der Waals surface area contributed by atoms with Gasteiger partial charge in [0, 0.05) is 38.2 Å². The molecule has 3 aromatic rings. The van der Waals surface area contributed by atoms with E-state index in [-0.39, 0.29) is 5.82 Å². The number of methoxy groups -OCH3 is 1. The van der Waals surface area contributed by atoms with Crippen LogP contribution in [-0.2, 0) is 17.8 Å². The molecular weight excluding hydrogens is 409 g/mol. The van der Waals surface area contributed by atoms with Gasteiger partial charge in [0.25, 0.3) is 0 Å². The number of halogens is 1. The summed E-state index contributed by atoms with van der Waals surface area (Å²) < 4.78 is 27.1. The van der Waals surface area contributed by atoms with Crippen LogP contribution < -0.4 is 15.4 Å². The Kier molecular flexibility index (Phi) is 8.62. The highest BCUT2D eigenvalue weighted by Crippen LogP contribution is 2.20. The number of aryl methyl sites for hydroxylation is 1. The Morgan fingerprint density at radius 2 is 2.03 bits per heavy atom. The highest BCUT2D eigenvalue weighted by atomic mass is 19.1. The van der Waals surface area contributed by atoms with E-state index >= 15 is 0 Å². The first-order valence-electron chi connectivity index (χ1n) is 10.6. The van der Waals surface area contributed by atoms with Crippen LogP contribution in [0.25, 0.3) is 5.69 Å². The predicted molar refractivity (Wildman–Crippen MR) is 124 cm³/mol. The molecule has 2 N–H and O–H groups in total. The number of aliphatic imine (C=N–C) groups is 1. The second kappa shape index (κ2) is 11.9. The van der Waals surface area contributed by atoms with Gasteiger partial charge in [-0.05, 0) is 43.2 Å². The lowest BCUT2D eigenvalue weighted by atomic mass is 10.1. The van der Waals surface area contributed by atoms with E-state index in [2.05, 4.69) is 26.7 Å². The van der Waals surface area contributed by atoms with Gasteiger partial charge in [-0.2, -0.15) is 0 Å². The van der Waals surface area contributed by atoms with Gasteiger partial charge in [-0.3, -0.25) is 0 Å². The molecule has 0 amide bonds. The summed E-state index contributed by atoms with van der Waals surface area (Å²) in [6.45, 7) is 6.66. The first-order valence-corrected chi connectivity index (χ1v) is 10.6. The lowest BCUT2D eigenvalue weighted by Gasteiger charge is -2.15. The Hall–Kier alpha value is -3.39. The van der Waals surface area contributed by atoms with Crippen LogP contribution in [0.15, 0.2) is 60.1 Å². The zero-order valence-corrected chi connectivity index (χ0v) is 18.8. The molecule has 0 aliphatic rings. The number of nitrogens with one attached hydrogen (secondary N) is 2. The fourth-order valence-electron chi connectivity index (χ4n) is 3.13. The Balaban J connectivity index is 1.66. The van der Waals surface area contributed by atoms with Gasteiger partial charge in [-0.1, -0.05) is 18.2 Å². The third kappa shape index (κ3) is 6.55. The largest absolute Gasteiger partial charge is 0.491 e. The van der Waals surface area contributed by atoms with Crippen molar-refractivity contribution < 1.29 is 13.9 Å². The van der Waals surface area contributed by atoms with Crippen LogP contribution in [0.1, 0.15) is 23.6 Å². The fourth-order valence-corrected chi connectivity index (χ4v) is 3.13. The van der Waals surface area contributed by atoms with Gasteiger partial charge >= 0.3 is 0 Å². The van der Waals surface area contributed by atoms with E-state index in [9.17, 15) is 4.39 Å². The summed E-state index contributed by atoms with van der Waals surface area (Å²) in [6.07, 6.45) is 4.90. The Labute approximate surface area is 188 Å². The molecule has 0 saturated heterocycles. The van der Waals surface area contributed by atoms with Crippen molar-refractivity contribution in [2.75, 3.05) is 26.9 Å². The molecule has 2 aromatic carbocycles. The van der Waals surface area contributed by atoms with Gasteiger partial charge < -0.3 is 24.7 Å². The van der Waals surface area contributed by atoms with Crippen LogP contribution >= 0.6 is 0 Å². The van der Waals surface area contributed by atoms with Crippen molar-refractivity contribution in [3.05, 3.63) is 77.6 Å². The smallest absolute Gasteiger partial charge is 0.191 e. The fraction of sp³-hybridized carbons (Fsp3) is 0.333. The molecule has 0 aliphatic heterocycles. The molecule has 0 radical (unpaired) electrons. The van der Waals surface area contributed by atoms with E-state index in [0.717, 1.165) is 22.4 Å². The Bertz CT molecular complexity index is 1020. The SMILES string of the molecule is CCNC(=NCc1ccc(-n2ccnc2)c(F)c1)NCc1ccc(C)cc1OCCOC. The number of rotatable bonds is 10. The number of hydrogen-bond donors (Lipinski definition) is 2. The molecule has 3 rings (SSSR count). The van der Waals surface area contributed by atoms with E-state index < -0.39 is 0 Å². The third-order valence-corrected chi connectivity index (χ3v) is 4.77. The van der Waals surface area contributed by atoms with Gasteiger partial charge in [0.15, 0.2) is 5.96 Å². The number of aromatic nitrogens is 2. The number of ether oxygens (including phenoxy) is 2. The summed E-state index contributed by atoms with van der Waals surface area (Å²) in [5.41, 5.74) is 3.39. The molecule has 0 spiro atoms. The van der Waals surface area contributed by atoms with E-state index in [1.807, 2.05) is 32.0 Å². The monoisotopic (exact) mass is 439 g/mol. The van der Waals surface area contributed by atoms with Crippen molar-refractivity contribution in [3.63, 3.8) is 0 Å². The summed E-state index contributed by atoms with van der Waals surface area (Å²) in [4.78, 5) is 8.56. The van der Waals surface area contributed by atoms with Crippen LogP contribution in [0.5, 0.6) is 5.75 Å². The molecule has 0 atom stereocenters. The van der Waals surface area contributed by atoms with Crippen molar-refractivity contribution in [1.29, 1.82) is 0 Å². The molecular formula is C24H30FN5O2. The molecule has 8 heteroatoms. The van der Waals surface area contributed by atoms with Crippen molar-refractivity contribution in [2.45, 2.75) is 26.9 Å². The molecule has 0 bridgehead atoms. The van der Waals surface area contributed by atoms with Gasteiger partial charge in [-0.15, -0.1) is 0 Å². The molecule has 0 unspecified atom stereocenters. The lowest BCUT2D eigenvalue weighted by molar-refractivity contribution is 0.145. The summed E-state index contributed by atoms with van der Waals surface area (Å²) in [6, 6.07) is 11.2. The molecule has 1 heterocycles. The number of benzene rings is 2. The van der Waals surface area contributed by atoms with Crippen LogP contribution in [0.4, 0.5) is 4.39 Å². The maximum atomic E-state index is 14.5. The maximum absolute atomic E-state index is 14.5. The highest BCUT2D eigenvalue weighted by molar-refractivity contribution is 5.79. The summed E-state index contributed by atoms with van der Waals surface area (Å²) in [5.74, 6) is 1.16. The van der Waals surface area contributed by atoms with E-state index in [0.29, 0.717) is 44.5 Å². The molecule has 7 nitrogen and oxygen atoms in total. The quantitative estimate of drug-likeness (QED) is 0.287. The third-order valence-electron chi connectivity index (χ3n) is 4.77. The Morgan fingerprint density at radius 1 is 1.16 bits per heavy atom. The van der Waals surface area contributed by atoms with Gasteiger partial charge in [0.2, 0.25) is 0 Å². The topological polar surface area (TPSA) is 72.7 Å². The number of imidazole rings is 1. The minimum atomic E-state index is -0.314. The van der Waals surface area contributed by atoms with Gasteiger partial charge in [-0.25, -0.2) is 14.4 Å². The average molecular weight is 440 g/mol. The van der Waals surface area contributed by atoms with Crippen LogP contribution in [0.3, 0.4) is 0 Å². The van der Waals surface area contributed by atoms with Crippen LogP contribution in [0.2, 0.25) is 0 Å². The van der Waals surface area contributed by atoms with E-state index in [1.165, 1.54) is 6.07 Å². The summed E-state index contributed by atoms with van der Waals surface area (Å²) >= 11 is 0. The standard InChI is InChI=1S/C24H30FN5O2/c1-4-27-24(29-16-20-7-5-18(2)13-23(20)32-12-11-31-3)28-15-19-6-8-22(21(25)14-19)30-10-9-26-17-30/h5-10,13-14,17H,4,11-12,15-16H2,1-3H3,(H2,27,28,29). The van der Waals surface area contributed by atoms with Crippen molar-refractivity contribution in [3.8, 4) is 11.4 Å². The molecule has 0 fully saturated rings. The minimum Gasteiger partial charge on any atom is -0.491 e. The number of nitrogens with zero attached hydrogens (tertiary/aromatic N) is 3. The summed E-state index contributed by atoms with van der Waals surface area (Å²) in [7, 11) is 1.65. The Morgan fingerprint density at radius 3 is 2.75 bits per heavy atom. The van der Waals surface area contributed by atoms with Crippen LogP contribution in [0, 0.1) is 12.7 Å². The average Bonchev–Trinajstić information content (AvgIpc) is 3.31. The van der Waals surface area contributed by atoms with Crippen LogP contribution in [-0.4, -0.2) is 42.4 Å². The molecule has 170 valence electrons. The molecule has 1 aromatic heterocycles. The zero-order chi connectivity index (χ0) is 22.8. The second-order valence-corrected chi connectivity index (χ2v) is 7.26. The summed E-state index contributed by atoms with van der Waals surface area (Å²) in [5, 5.41) is 6.55. The zero-order valence-electron chi connectivity index (χ0n) is 18.8. The van der Waals surface area contributed by atoms with E-state index in [4.69, 9.17) is 9.47 Å². The van der Waals surface area contributed by atoms with E-state index in [1.54, 1.807) is 36.5 Å². The molecule has 0 aliphatic carbocycles. The minimum absolute atomic E-state index is 0.314. The predicted octanol–water partition coefficient (Wildman–Crippen LogP) is 3.60. The van der Waals surface area contributed by atoms with Gasteiger partial charge in [0.1, 0.15) is 18.2 Å². The van der Waals surface area contributed by atoms with Crippen molar-refractivity contribution in [2.24, 2.45) is 4.99 Å². The first-order chi connectivity index (χ1) is 15.6. The van der Waals surface area contributed by atoms with Gasteiger partial charge in [0.05, 0.1) is 25.2 Å². The van der Waals surface area contributed by atoms with Crippen molar-refractivity contribution in [1.82, 2.24) is 20.2 Å². The second-order valence-electron chi connectivity index (χ2n) is 7.26.